The Kier molecular flexibility index (Phi) is 4.61. The van der Waals surface area contributed by atoms with E-state index in [4.69, 9.17) is 9.47 Å². The van der Waals surface area contributed by atoms with Crippen LogP contribution in [0.1, 0.15) is 12.6 Å². The molecule has 0 aliphatic rings. The molecule has 0 bridgehead atoms. The van der Waals surface area contributed by atoms with E-state index in [9.17, 15) is 0 Å². The molecule has 1 aromatic heterocycles. The Morgan fingerprint density at radius 1 is 1.62 bits per heavy atom. The highest BCUT2D eigenvalue weighted by molar-refractivity contribution is 14.1. The molecular weight excluding hydrogens is 281 g/mol. The molecule has 0 saturated carbocycles. The minimum absolute atomic E-state index is 0.183. The maximum Gasteiger partial charge on any atom is 0.154 e. The van der Waals surface area contributed by atoms with Crippen LogP contribution in [-0.4, -0.2) is 18.4 Å². The van der Waals surface area contributed by atoms with E-state index >= 15 is 0 Å². The Hall–Kier alpha value is -0.200. The molecule has 1 atom stereocenters. The predicted molar refractivity (Wildman–Crippen MR) is 58.2 cm³/mol. The van der Waals surface area contributed by atoms with Crippen LogP contribution in [0.5, 0.6) is 0 Å². The van der Waals surface area contributed by atoms with E-state index in [1.807, 2.05) is 19.1 Å². The summed E-state index contributed by atoms with van der Waals surface area (Å²) < 4.78 is 11.4. The van der Waals surface area contributed by atoms with Crippen molar-refractivity contribution in [2.24, 2.45) is 0 Å². The van der Waals surface area contributed by atoms with Crippen molar-refractivity contribution in [3.8, 4) is 0 Å². The lowest BCUT2D eigenvalue weighted by molar-refractivity contribution is -0.119. The van der Waals surface area contributed by atoms with Crippen LogP contribution in [0.25, 0.3) is 0 Å². The molecular formula is C9H12INO2. The summed E-state index contributed by atoms with van der Waals surface area (Å²) in [4.78, 5) is 4.20. The molecule has 0 aliphatic heterocycles. The van der Waals surface area contributed by atoms with E-state index in [0.717, 1.165) is 9.26 Å². The smallest absolute Gasteiger partial charge is 0.154 e. The standard InChI is InChI=1S/C9H12INO2/c1-7(12-2)13-6-9-8(10)4-3-5-11-9/h3-5,7H,6H2,1-2H3. The number of hydrogen-bond donors (Lipinski definition) is 0. The number of ether oxygens (including phenoxy) is 2. The molecule has 0 aromatic carbocycles. The minimum Gasteiger partial charge on any atom is -0.356 e. The van der Waals surface area contributed by atoms with Crippen LogP contribution in [0.2, 0.25) is 0 Å². The van der Waals surface area contributed by atoms with Gasteiger partial charge in [0, 0.05) is 16.9 Å². The predicted octanol–water partition coefficient (Wildman–Crippen LogP) is 2.20. The molecule has 72 valence electrons. The van der Waals surface area contributed by atoms with Crippen molar-refractivity contribution in [1.29, 1.82) is 0 Å². The van der Waals surface area contributed by atoms with Crippen molar-refractivity contribution in [2.45, 2.75) is 19.8 Å². The third-order valence-electron chi connectivity index (χ3n) is 1.62. The number of methoxy groups -OCH3 is 1. The lowest BCUT2D eigenvalue weighted by Crippen LogP contribution is -2.11. The molecule has 0 aliphatic carbocycles. The first-order valence-corrected chi connectivity index (χ1v) is 5.05. The van der Waals surface area contributed by atoms with Crippen molar-refractivity contribution in [3.63, 3.8) is 0 Å². The van der Waals surface area contributed by atoms with Crippen LogP contribution in [0.15, 0.2) is 18.3 Å². The molecule has 1 aromatic rings. The first-order valence-electron chi connectivity index (χ1n) is 3.98. The van der Waals surface area contributed by atoms with Crippen LogP contribution in [-0.2, 0) is 16.1 Å². The Morgan fingerprint density at radius 3 is 3.00 bits per heavy atom. The van der Waals surface area contributed by atoms with E-state index in [2.05, 4.69) is 27.6 Å². The molecule has 3 nitrogen and oxygen atoms in total. The maximum absolute atomic E-state index is 5.37. The monoisotopic (exact) mass is 293 g/mol. The van der Waals surface area contributed by atoms with Gasteiger partial charge in [0.25, 0.3) is 0 Å². The fraction of sp³-hybridized carbons (Fsp3) is 0.444. The van der Waals surface area contributed by atoms with E-state index in [1.165, 1.54) is 0 Å². The molecule has 4 heteroatoms. The zero-order chi connectivity index (χ0) is 9.68. The highest BCUT2D eigenvalue weighted by Crippen LogP contribution is 2.10. The molecule has 0 fully saturated rings. The molecule has 1 rings (SSSR count). The second-order valence-electron chi connectivity index (χ2n) is 2.55. The molecule has 0 amide bonds. The molecule has 0 saturated heterocycles. The summed E-state index contributed by atoms with van der Waals surface area (Å²) in [5.74, 6) is 0. The highest BCUT2D eigenvalue weighted by Gasteiger charge is 2.03. The summed E-state index contributed by atoms with van der Waals surface area (Å²) in [6.07, 6.45) is 1.58. The first-order chi connectivity index (χ1) is 6.24. The summed E-state index contributed by atoms with van der Waals surface area (Å²) in [5.41, 5.74) is 0.951. The van der Waals surface area contributed by atoms with Gasteiger partial charge in [-0.3, -0.25) is 4.98 Å². The summed E-state index contributed by atoms with van der Waals surface area (Å²) in [5, 5.41) is 0. The number of nitrogens with zero attached hydrogens (tertiary/aromatic N) is 1. The fourth-order valence-electron chi connectivity index (χ4n) is 0.789. The van der Waals surface area contributed by atoms with Crippen molar-refractivity contribution in [1.82, 2.24) is 4.98 Å². The Balaban J connectivity index is 2.50. The summed E-state index contributed by atoms with van der Waals surface area (Å²) in [7, 11) is 1.62. The van der Waals surface area contributed by atoms with Gasteiger partial charge in [0.2, 0.25) is 0 Å². The Labute approximate surface area is 91.6 Å². The summed E-state index contributed by atoms with van der Waals surface area (Å²) >= 11 is 2.24. The van der Waals surface area contributed by atoms with Gasteiger partial charge in [-0.1, -0.05) is 0 Å². The number of aromatic nitrogens is 1. The Bertz CT molecular complexity index is 268. The summed E-state index contributed by atoms with van der Waals surface area (Å²) in [6.45, 7) is 2.35. The van der Waals surface area contributed by atoms with Crippen molar-refractivity contribution < 1.29 is 9.47 Å². The molecule has 1 unspecified atom stereocenters. The van der Waals surface area contributed by atoms with Crippen molar-refractivity contribution in [3.05, 3.63) is 27.6 Å². The third kappa shape index (κ3) is 3.58. The lowest BCUT2D eigenvalue weighted by Gasteiger charge is -2.10. The van der Waals surface area contributed by atoms with Crippen LogP contribution >= 0.6 is 22.6 Å². The van der Waals surface area contributed by atoms with Gasteiger partial charge in [0.05, 0.1) is 12.3 Å². The van der Waals surface area contributed by atoms with E-state index in [0.29, 0.717) is 6.61 Å². The van der Waals surface area contributed by atoms with Gasteiger partial charge in [-0.05, 0) is 41.6 Å². The van der Waals surface area contributed by atoms with Gasteiger partial charge in [-0.25, -0.2) is 0 Å². The molecule has 0 N–H and O–H groups in total. The van der Waals surface area contributed by atoms with Gasteiger partial charge >= 0.3 is 0 Å². The average molecular weight is 293 g/mol. The van der Waals surface area contributed by atoms with Gasteiger partial charge in [0.15, 0.2) is 6.29 Å². The second kappa shape index (κ2) is 5.51. The topological polar surface area (TPSA) is 31.4 Å². The van der Waals surface area contributed by atoms with E-state index < -0.39 is 0 Å². The quantitative estimate of drug-likeness (QED) is 0.630. The van der Waals surface area contributed by atoms with Crippen LogP contribution < -0.4 is 0 Å². The van der Waals surface area contributed by atoms with Gasteiger partial charge < -0.3 is 9.47 Å². The maximum atomic E-state index is 5.37. The number of halogens is 1. The van der Waals surface area contributed by atoms with Crippen LogP contribution in [0, 0.1) is 3.57 Å². The van der Waals surface area contributed by atoms with Crippen molar-refractivity contribution >= 4 is 22.6 Å². The number of rotatable bonds is 4. The minimum atomic E-state index is -0.183. The largest absolute Gasteiger partial charge is 0.356 e. The fourth-order valence-corrected chi connectivity index (χ4v) is 1.29. The molecule has 1 heterocycles. The van der Waals surface area contributed by atoms with Gasteiger partial charge in [0.1, 0.15) is 0 Å². The van der Waals surface area contributed by atoms with E-state index in [1.54, 1.807) is 13.3 Å². The summed E-state index contributed by atoms with van der Waals surface area (Å²) in [6, 6.07) is 3.91. The lowest BCUT2D eigenvalue weighted by atomic mass is 10.4. The van der Waals surface area contributed by atoms with E-state index in [-0.39, 0.29) is 6.29 Å². The third-order valence-corrected chi connectivity index (χ3v) is 2.60. The number of hydrogen-bond acceptors (Lipinski definition) is 3. The molecule has 13 heavy (non-hydrogen) atoms. The normalized spacial score (nSPS) is 12.8. The van der Waals surface area contributed by atoms with Crippen LogP contribution in [0.3, 0.4) is 0 Å². The van der Waals surface area contributed by atoms with Gasteiger partial charge in [-0.15, -0.1) is 0 Å². The average Bonchev–Trinajstić information content (AvgIpc) is 2.16. The molecule has 0 spiro atoms. The van der Waals surface area contributed by atoms with Crippen LogP contribution in [0.4, 0.5) is 0 Å². The van der Waals surface area contributed by atoms with Crippen molar-refractivity contribution in [2.75, 3.05) is 7.11 Å². The number of pyridine rings is 1. The first kappa shape index (κ1) is 10.9. The molecule has 0 radical (unpaired) electrons. The SMILES string of the molecule is COC(C)OCc1ncccc1I. The van der Waals surface area contributed by atoms with Gasteiger partial charge in [-0.2, -0.15) is 0 Å². The zero-order valence-electron chi connectivity index (χ0n) is 7.66. The highest BCUT2D eigenvalue weighted by atomic mass is 127. The Morgan fingerprint density at radius 2 is 2.38 bits per heavy atom. The zero-order valence-corrected chi connectivity index (χ0v) is 9.82. The second-order valence-corrected chi connectivity index (χ2v) is 3.71.